The van der Waals surface area contributed by atoms with Gasteiger partial charge in [0.25, 0.3) is 0 Å². The highest BCUT2D eigenvalue weighted by molar-refractivity contribution is 6.01. The Morgan fingerprint density at radius 3 is 2.60 bits per heavy atom. The molecule has 0 radical (unpaired) electrons. The van der Waals surface area contributed by atoms with Gasteiger partial charge in [0.2, 0.25) is 0 Å². The Balaban J connectivity index is 2.55. The molecule has 4 heteroatoms. The Kier molecular flexibility index (Phi) is 4.03. The third kappa shape index (κ3) is 2.79. The summed E-state index contributed by atoms with van der Waals surface area (Å²) in [6, 6.07) is 12.2. The molecular weight excluding hydrogens is 253 g/mol. The van der Waals surface area contributed by atoms with Gasteiger partial charge in [-0.15, -0.1) is 0 Å². The van der Waals surface area contributed by atoms with E-state index in [9.17, 15) is 4.39 Å². The Hall–Kier alpha value is -2.36. The van der Waals surface area contributed by atoms with Gasteiger partial charge in [0.05, 0.1) is 5.69 Å². The number of halogens is 1. The third-order valence-electron chi connectivity index (χ3n) is 3.17. The first-order valence-corrected chi connectivity index (χ1v) is 6.51. The van der Waals surface area contributed by atoms with Gasteiger partial charge in [0.15, 0.2) is 0 Å². The molecule has 0 saturated carbocycles. The average molecular weight is 271 g/mol. The fourth-order valence-electron chi connectivity index (χ4n) is 2.24. The molecule has 0 unspecified atom stereocenters. The molecule has 20 heavy (non-hydrogen) atoms. The lowest BCUT2D eigenvalue weighted by Gasteiger charge is -2.26. The van der Waals surface area contributed by atoms with Gasteiger partial charge in [0.1, 0.15) is 11.7 Å². The monoisotopic (exact) mass is 271 g/mol. The van der Waals surface area contributed by atoms with Crippen LogP contribution in [0.3, 0.4) is 0 Å². The van der Waals surface area contributed by atoms with E-state index in [0.29, 0.717) is 12.1 Å². The number of hydrogen-bond acceptors (Lipinski definition) is 2. The number of anilines is 2. The van der Waals surface area contributed by atoms with Crippen LogP contribution >= 0.6 is 0 Å². The standard InChI is InChI=1S/C16H18FN3/c1-3-20(13-6-4-5-12(17)10-13)15-8-7-11(2)9-14(15)16(18)19/h4-10H,3H2,1-2H3,(H3,18,19). The molecular formula is C16H18FN3. The van der Waals surface area contributed by atoms with Crippen LogP contribution in [-0.2, 0) is 0 Å². The summed E-state index contributed by atoms with van der Waals surface area (Å²) >= 11 is 0. The first-order chi connectivity index (χ1) is 9.52. The van der Waals surface area contributed by atoms with E-state index in [0.717, 1.165) is 16.9 Å². The topological polar surface area (TPSA) is 53.1 Å². The molecule has 0 heterocycles. The summed E-state index contributed by atoms with van der Waals surface area (Å²) in [6.45, 7) is 4.59. The molecule has 0 aliphatic carbocycles. The molecule has 2 rings (SSSR count). The second kappa shape index (κ2) is 5.74. The van der Waals surface area contributed by atoms with E-state index in [1.807, 2.05) is 43.0 Å². The van der Waals surface area contributed by atoms with Crippen LogP contribution in [0.5, 0.6) is 0 Å². The zero-order valence-electron chi connectivity index (χ0n) is 11.7. The minimum Gasteiger partial charge on any atom is -0.384 e. The van der Waals surface area contributed by atoms with Crippen molar-refractivity contribution in [3.8, 4) is 0 Å². The van der Waals surface area contributed by atoms with Gasteiger partial charge in [-0.2, -0.15) is 0 Å². The third-order valence-corrected chi connectivity index (χ3v) is 3.17. The summed E-state index contributed by atoms with van der Waals surface area (Å²) in [7, 11) is 0. The van der Waals surface area contributed by atoms with Gasteiger partial charge in [0, 0.05) is 17.8 Å². The smallest absolute Gasteiger partial charge is 0.125 e. The first-order valence-electron chi connectivity index (χ1n) is 6.51. The van der Waals surface area contributed by atoms with E-state index in [-0.39, 0.29) is 11.7 Å². The molecule has 3 nitrogen and oxygen atoms in total. The Morgan fingerprint density at radius 1 is 1.25 bits per heavy atom. The molecule has 0 spiro atoms. The summed E-state index contributed by atoms with van der Waals surface area (Å²) in [5.74, 6) is -0.268. The molecule has 0 bridgehead atoms. The van der Waals surface area contributed by atoms with Crippen molar-refractivity contribution in [1.82, 2.24) is 0 Å². The maximum Gasteiger partial charge on any atom is 0.125 e. The number of rotatable bonds is 4. The number of nitrogens with zero attached hydrogens (tertiary/aromatic N) is 1. The van der Waals surface area contributed by atoms with Gasteiger partial charge in [-0.1, -0.05) is 17.7 Å². The highest BCUT2D eigenvalue weighted by Crippen LogP contribution is 2.29. The molecule has 0 aliphatic rings. The van der Waals surface area contributed by atoms with Crippen molar-refractivity contribution in [1.29, 1.82) is 5.41 Å². The second-order valence-electron chi connectivity index (χ2n) is 4.66. The van der Waals surface area contributed by atoms with E-state index in [1.54, 1.807) is 6.07 Å². The lowest BCUT2D eigenvalue weighted by atomic mass is 10.1. The lowest BCUT2D eigenvalue weighted by Crippen LogP contribution is -2.22. The van der Waals surface area contributed by atoms with Gasteiger partial charge < -0.3 is 10.6 Å². The van der Waals surface area contributed by atoms with Crippen molar-refractivity contribution in [2.45, 2.75) is 13.8 Å². The molecule has 0 saturated heterocycles. The predicted octanol–water partition coefficient (Wildman–Crippen LogP) is 3.58. The van der Waals surface area contributed by atoms with Crippen LogP contribution < -0.4 is 10.6 Å². The number of nitrogens with one attached hydrogen (secondary N) is 1. The molecule has 0 aromatic heterocycles. The fourth-order valence-corrected chi connectivity index (χ4v) is 2.24. The largest absolute Gasteiger partial charge is 0.384 e. The molecule has 104 valence electrons. The van der Waals surface area contributed by atoms with Crippen molar-refractivity contribution < 1.29 is 4.39 Å². The van der Waals surface area contributed by atoms with Gasteiger partial charge >= 0.3 is 0 Å². The Labute approximate surface area is 118 Å². The molecule has 0 amide bonds. The molecule has 0 fully saturated rings. The van der Waals surface area contributed by atoms with E-state index >= 15 is 0 Å². The summed E-state index contributed by atoms with van der Waals surface area (Å²) < 4.78 is 13.4. The minimum atomic E-state index is -0.280. The number of nitrogens with two attached hydrogens (primary N) is 1. The normalized spacial score (nSPS) is 10.3. The number of nitrogen functional groups attached to an aromatic ring is 1. The quantitative estimate of drug-likeness (QED) is 0.659. The summed E-state index contributed by atoms with van der Waals surface area (Å²) in [5, 5.41) is 7.72. The SMILES string of the molecule is CCN(c1cccc(F)c1)c1ccc(C)cc1C(=N)N. The van der Waals surface area contributed by atoms with Crippen LogP contribution in [0, 0.1) is 18.2 Å². The van der Waals surface area contributed by atoms with Crippen molar-refractivity contribution in [2.24, 2.45) is 5.73 Å². The number of benzene rings is 2. The average Bonchev–Trinajstić information content (AvgIpc) is 2.41. The number of aryl methyl sites for hydroxylation is 1. The highest BCUT2D eigenvalue weighted by atomic mass is 19.1. The van der Waals surface area contributed by atoms with Crippen molar-refractivity contribution in [3.05, 3.63) is 59.4 Å². The van der Waals surface area contributed by atoms with Crippen molar-refractivity contribution >= 4 is 17.2 Å². The molecule has 3 N–H and O–H groups in total. The van der Waals surface area contributed by atoms with Crippen LogP contribution in [0.2, 0.25) is 0 Å². The van der Waals surface area contributed by atoms with Crippen molar-refractivity contribution in [3.63, 3.8) is 0 Å². The Bertz CT molecular complexity index is 637. The number of hydrogen-bond donors (Lipinski definition) is 2. The zero-order chi connectivity index (χ0) is 14.7. The number of amidine groups is 1. The molecule has 0 atom stereocenters. The van der Waals surface area contributed by atoms with E-state index in [2.05, 4.69) is 0 Å². The van der Waals surface area contributed by atoms with Crippen LogP contribution in [0.15, 0.2) is 42.5 Å². The van der Waals surface area contributed by atoms with Crippen LogP contribution in [0.25, 0.3) is 0 Å². The zero-order valence-corrected chi connectivity index (χ0v) is 11.7. The van der Waals surface area contributed by atoms with Gasteiger partial charge in [-0.25, -0.2) is 4.39 Å². The summed E-state index contributed by atoms with van der Waals surface area (Å²) in [5.41, 5.74) is 8.93. The maximum atomic E-state index is 13.4. The highest BCUT2D eigenvalue weighted by Gasteiger charge is 2.14. The maximum absolute atomic E-state index is 13.4. The van der Waals surface area contributed by atoms with Crippen LogP contribution in [0.1, 0.15) is 18.1 Å². The van der Waals surface area contributed by atoms with Gasteiger partial charge in [-0.3, -0.25) is 5.41 Å². The summed E-state index contributed by atoms with van der Waals surface area (Å²) in [6.07, 6.45) is 0. The molecule has 0 aliphatic heterocycles. The van der Waals surface area contributed by atoms with Crippen molar-refractivity contribution in [2.75, 3.05) is 11.4 Å². The summed E-state index contributed by atoms with van der Waals surface area (Å²) in [4.78, 5) is 1.94. The van der Waals surface area contributed by atoms with E-state index in [1.165, 1.54) is 12.1 Å². The van der Waals surface area contributed by atoms with Crippen LogP contribution in [0.4, 0.5) is 15.8 Å². The first kappa shape index (κ1) is 14.1. The molecule has 2 aromatic carbocycles. The second-order valence-corrected chi connectivity index (χ2v) is 4.66. The minimum absolute atomic E-state index is 0.0125. The van der Waals surface area contributed by atoms with Crippen LogP contribution in [-0.4, -0.2) is 12.4 Å². The predicted molar refractivity (Wildman–Crippen MR) is 81.3 cm³/mol. The van der Waals surface area contributed by atoms with Gasteiger partial charge in [-0.05, 0) is 44.2 Å². The van der Waals surface area contributed by atoms with E-state index < -0.39 is 0 Å². The molecule has 2 aromatic rings. The fraction of sp³-hybridized carbons (Fsp3) is 0.188. The van der Waals surface area contributed by atoms with E-state index in [4.69, 9.17) is 11.1 Å². The Morgan fingerprint density at radius 2 is 2.00 bits per heavy atom. The lowest BCUT2D eigenvalue weighted by molar-refractivity contribution is 0.627.